The van der Waals surface area contributed by atoms with Crippen LogP contribution in [0.5, 0.6) is 0 Å². The molecular weight excluding hydrogens is 294 g/mol. The lowest BCUT2D eigenvalue weighted by Gasteiger charge is -2.26. The first-order chi connectivity index (χ1) is 10.3. The summed E-state index contributed by atoms with van der Waals surface area (Å²) < 4.78 is 28.2. The molecule has 1 unspecified atom stereocenters. The zero-order valence-corrected chi connectivity index (χ0v) is 14.2. The maximum absolute atomic E-state index is 13.3. The normalized spacial score (nSPS) is 17.6. The van der Waals surface area contributed by atoms with Crippen LogP contribution >= 0.6 is 0 Å². The summed E-state index contributed by atoms with van der Waals surface area (Å²) in [6.45, 7) is 7.71. The molecule has 0 saturated carbocycles. The largest absolute Gasteiger partial charge is 0.265 e. The van der Waals surface area contributed by atoms with Crippen molar-refractivity contribution >= 4 is 15.7 Å². The topological polar surface area (TPSA) is 37.4 Å². The Hall–Kier alpha value is -1.81. The molecule has 22 heavy (non-hydrogen) atoms. The van der Waals surface area contributed by atoms with Crippen molar-refractivity contribution in [3.05, 3.63) is 58.7 Å². The molecule has 116 valence electrons. The Morgan fingerprint density at radius 3 is 2.27 bits per heavy atom. The number of rotatable bonds is 2. The summed E-state index contributed by atoms with van der Waals surface area (Å²) in [6, 6.07) is 11.6. The standard InChI is InChI=1S/C18H21NO2S/c1-12-9-13(2)18(14(3)10-12)22(20,21)19-15(4)11-16-7-5-6-8-17(16)19/h5-10,15H,11H2,1-4H3. The molecule has 2 aromatic rings. The fourth-order valence-electron chi connectivity index (χ4n) is 3.58. The number of para-hydroxylation sites is 1. The fraction of sp³-hybridized carbons (Fsp3) is 0.333. The van der Waals surface area contributed by atoms with Crippen LogP contribution in [0.2, 0.25) is 0 Å². The van der Waals surface area contributed by atoms with Gasteiger partial charge in [-0.05, 0) is 56.9 Å². The molecule has 4 heteroatoms. The highest BCUT2D eigenvalue weighted by atomic mass is 32.2. The highest BCUT2D eigenvalue weighted by Crippen LogP contribution is 2.38. The van der Waals surface area contributed by atoms with Gasteiger partial charge in [0.2, 0.25) is 0 Å². The van der Waals surface area contributed by atoms with Crippen LogP contribution in [0.3, 0.4) is 0 Å². The molecule has 1 aliphatic heterocycles. The van der Waals surface area contributed by atoms with E-state index in [1.165, 1.54) is 0 Å². The van der Waals surface area contributed by atoms with Crippen LogP contribution in [0, 0.1) is 20.8 Å². The van der Waals surface area contributed by atoms with Crippen molar-refractivity contribution in [2.45, 2.75) is 45.1 Å². The van der Waals surface area contributed by atoms with Crippen molar-refractivity contribution in [3.63, 3.8) is 0 Å². The molecule has 0 bridgehead atoms. The van der Waals surface area contributed by atoms with Crippen molar-refractivity contribution in [2.24, 2.45) is 0 Å². The molecule has 0 radical (unpaired) electrons. The lowest BCUT2D eigenvalue weighted by atomic mass is 10.1. The number of anilines is 1. The van der Waals surface area contributed by atoms with Gasteiger partial charge in [-0.25, -0.2) is 8.42 Å². The molecule has 2 aromatic carbocycles. The average Bonchev–Trinajstić information content (AvgIpc) is 2.73. The van der Waals surface area contributed by atoms with Gasteiger partial charge in [0.25, 0.3) is 10.0 Å². The number of aryl methyl sites for hydroxylation is 3. The first kappa shape index (κ1) is 15.1. The van der Waals surface area contributed by atoms with E-state index in [0.717, 1.165) is 34.4 Å². The molecule has 1 heterocycles. The van der Waals surface area contributed by atoms with Gasteiger partial charge < -0.3 is 0 Å². The summed E-state index contributed by atoms with van der Waals surface area (Å²) in [5.41, 5.74) is 4.63. The predicted molar refractivity (Wildman–Crippen MR) is 89.9 cm³/mol. The van der Waals surface area contributed by atoms with Crippen molar-refractivity contribution in [1.82, 2.24) is 0 Å². The SMILES string of the molecule is Cc1cc(C)c(S(=O)(=O)N2c3ccccc3CC2C)c(C)c1. The average molecular weight is 315 g/mol. The van der Waals surface area contributed by atoms with Gasteiger partial charge in [-0.3, -0.25) is 4.31 Å². The molecule has 1 atom stereocenters. The number of nitrogens with zero attached hydrogens (tertiary/aromatic N) is 1. The second-order valence-electron chi connectivity index (χ2n) is 6.21. The van der Waals surface area contributed by atoms with Crippen LogP contribution in [0.4, 0.5) is 5.69 Å². The molecule has 3 rings (SSSR count). The van der Waals surface area contributed by atoms with E-state index in [1.807, 2.05) is 64.1 Å². The smallest absolute Gasteiger partial charge is 0.263 e. The summed E-state index contributed by atoms with van der Waals surface area (Å²) >= 11 is 0. The number of fused-ring (bicyclic) bond motifs is 1. The molecule has 3 nitrogen and oxygen atoms in total. The molecule has 0 N–H and O–H groups in total. The molecule has 0 fully saturated rings. The Bertz CT molecular complexity index is 817. The third-order valence-electron chi connectivity index (χ3n) is 4.27. The summed E-state index contributed by atoms with van der Waals surface area (Å²) in [6.07, 6.45) is 0.763. The van der Waals surface area contributed by atoms with Gasteiger partial charge in [-0.2, -0.15) is 0 Å². The van der Waals surface area contributed by atoms with E-state index in [2.05, 4.69) is 0 Å². The minimum Gasteiger partial charge on any atom is -0.263 e. The van der Waals surface area contributed by atoms with Gasteiger partial charge in [0.05, 0.1) is 10.6 Å². The van der Waals surface area contributed by atoms with Crippen LogP contribution < -0.4 is 4.31 Å². The van der Waals surface area contributed by atoms with Crippen LogP contribution in [-0.4, -0.2) is 14.5 Å². The second-order valence-corrected chi connectivity index (χ2v) is 7.96. The molecule has 1 aliphatic rings. The summed E-state index contributed by atoms with van der Waals surface area (Å²) in [5, 5.41) is 0. The van der Waals surface area contributed by atoms with Crippen molar-refractivity contribution in [1.29, 1.82) is 0 Å². The minimum absolute atomic E-state index is 0.0532. The number of sulfonamides is 1. The molecule has 0 spiro atoms. The highest BCUT2D eigenvalue weighted by Gasteiger charge is 2.37. The molecule has 0 aliphatic carbocycles. The van der Waals surface area contributed by atoms with Crippen LogP contribution in [0.25, 0.3) is 0 Å². The quantitative estimate of drug-likeness (QED) is 0.846. The van der Waals surface area contributed by atoms with E-state index in [-0.39, 0.29) is 6.04 Å². The van der Waals surface area contributed by atoms with Gasteiger partial charge in [-0.15, -0.1) is 0 Å². The Balaban J connectivity index is 2.20. The molecule has 0 amide bonds. The van der Waals surface area contributed by atoms with Crippen molar-refractivity contribution < 1.29 is 8.42 Å². The van der Waals surface area contributed by atoms with Gasteiger partial charge in [-0.1, -0.05) is 35.9 Å². The zero-order valence-electron chi connectivity index (χ0n) is 13.4. The van der Waals surface area contributed by atoms with Crippen molar-refractivity contribution in [2.75, 3.05) is 4.31 Å². The lowest BCUT2D eigenvalue weighted by molar-refractivity contribution is 0.583. The van der Waals surface area contributed by atoms with Crippen molar-refractivity contribution in [3.8, 4) is 0 Å². The van der Waals surface area contributed by atoms with E-state index in [9.17, 15) is 8.42 Å². The monoisotopic (exact) mass is 315 g/mol. The Morgan fingerprint density at radius 1 is 1.05 bits per heavy atom. The van der Waals surface area contributed by atoms with Crippen LogP contribution in [0.1, 0.15) is 29.2 Å². The Morgan fingerprint density at radius 2 is 1.64 bits per heavy atom. The summed E-state index contributed by atoms with van der Waals surface area (Å²) in [7, 11) is -3.55. The molecule has 0 saturated heterocycles. The van der Waals surface area contributed by atoms with Crippen LogP contribution in [-0.2, 0) is 16.4 Å². The van der Waals surface area contributed by atoms with Crippen LogP contribution in [0.15, 0.2) is 41.3 Å². The predicted octanol–water partition coefficient (Wildman–Crippen LogP) is 3.75. The van der Waals surface area contributed by atoms with E-state index in [1.54, 1.807) is 4.31 Å². The highest BCUT2D eigenvalue weighted by molar-refractivity contribution is 7.93. The number of hydrogen-bond acceptors (Lipinski definition) is 2. The first-order valence-corrected chi connectivity index (χ1v) is 8.96. The van der Waals surface area contributed by atoms with Gasteiger partial charge >= 0.3 is 0 Å². The van der Waals surface area contributed by atoms with Gasteiger partial charge in [0.15, 0.2) is 0 Å². The zero-order chi connectivity index (χ0) is 16.1. The molecule has 0 aromatic heterocycles. The third kappa shape index (κ3) is 2.22. The lowest BCUT2D eigenvalue weighted by Crippen LogP contribution is -2.36. The summed E-state index contributed by atoms with van der Waals surface area (Å²) in [4.78, 5) is 0.446. The first-order valence-electron chi connectivity index (χ1n) is 7.52. The van der Waals surface area contributed by atoms with E-state index in [0.29, 0.717) is 4.90 Å². The minimum atomic E-state index is -3.55. The molecular formula is C18H21NO2S. The number of hydrogen-bond donors (Lipinski definition) is 0. The van der Waals surface area contributed by atoms with E-state index >= 15 is 0 Å². The Kier molecular flexibility index (Phi) is 3.52. The second kappa shape index (κ2) is 5.13. The van der Waals surface area contributed by atoms with E-state index in [4.69, 9.17) is 0 Å². The fourth-order valence-corrected chi connectivity index (χ4v) is 5.69. The Labute approximate surface area is 132 Å². The summed E-state index contributed by atoms with van der Waals surface area (Å²) in [5.74, 6) is 0. The maximum atomic E-state index is 13.3. The van der Waals surface area contributed by atoms with Gasteiger partial charge in [0.1, 0.15) is 0 Å². The van der Waals surface area contributed by atoms with E-state index < -0.39 is 10.0 Å². The third-order valence-corrected chi connectivity index (χ3v) is 6.50. The van der Waals surface area contributed by atoms with Gasteiger partial charge in [0, 0.05) is 6.04 Å². The number of benzene rings is 2. The maximum Gasteiger partial charge on any atom is 0.265 e.